The van der Waals surface area contributed by atoms with Crippen molar-refractivity contribution >= 4 is 21.6 Å². The van der Waals surface area contributed by atoms with Gasteiger partial charge in [0.2, 0.25) is 15.9 Å². The highest BCUT2D eigenvalue weighted by molar-refractivity contribution is 7.89. The average molecular weight is 299 g/mol. The van der Waals surface area contributed by atoms with Crippen molar-refractivity contribution in [1.82, 2.24) is 4.72 Å². The highest BCUT2D eigenvalue weighted by atomic mass is 32.2. The van der Waals surface area contributed by atoms with Gasteiger partial charge in [-0.3, -0.25) is 4.79 Å². The molecule has 1 aliphatic rings. The zero-order valence-corrected chi connectivity index (χ0v) is 11.8. The highest BCUT2D eigenvalue weighted by Gasteiger charge is 2.31. The maximum atomic E-state index is 12.0. The molecule has 7 nitrogen and oxygen atoms in total. The molecule has 110 valence electrons. The van der Waals surface area contributed by atoms with Crippen molar-refractivity contribution in [1.29, 1.82) is 0 Å². The molecule has 0 aromatic heterocycles. The minimum Gasteiger partial charge on any atom is -0.379 e. The van der Waals surface area contributed by atoms with Crippen LogP contribution in [-0.4, -0.2) is 40.6 Å². The van der Waals surface area contributed by atoms with Gasteiger partial charge >= 0.3 is 0 Å². The van der Waals surface area contributed by atoms with Crippen molar-refractivity contribution in [2.45, 2.75) is 10.9 Å². The number of carbonyl (C=O) groups excluding carboxylic acids is 1. The van der Waals surface area contributed by atoms with Crippen LogP contribution in [0.25, 0.3) is 0 Å². The molecule has 20 heavy (non-hydrogen) atoms. The van der Waals surface area contributed by atoms with Crippen LogP contribution < -0.4 is 15.8 Å². The zero-order valence-electron chi connectivity index (χ0n) is 11.0. The van der Waals surface area contributed by atoms with E-state index in [9.17, 15) is 13.2 Å². The topological polar surface area (TPSA) is 111 Å². The lowest BCUT2D eigenvalue weighted by atomic mass is 10.0. The molecule has 2 rings (SSSR count). The van der Waals surface area contributed by atoms with Crippen molar-refractivity contribution in [2.24, 2.45) is 11.7 Å². The van der Waals surface area contributed by atoms with Crippen LogP contribution in [0, 0.1) is 5.92 Å². The van der Waals surface area contributed by atoms with Gasteiger partial charge in [0.25, 0.3) is 0 Å². The number of hydrogen-bond acceptors (Lipinski definition) is 5. The molecule has 1 heterocycles. The van der Waals surface area contributed by atoms with Crippen LogP contribution in [0.5, 0.6) is 0 Å². The number of carbonyl (C=O) groups is 1. The van der Waals surface area contributed by atoms with E-state index in [0.717, 1.165) is 0 Å². The number of sulfonamides is 1. The Balaban J connectivity index is 2.06. The van der Waals surface area contributed by atoms with Crippen LogP contribution in [0.15, 0.2) is 29.2 Å². The van der Waals surface area contributed by atoms with Crippen molar-refractivity contribution in [3.63, 3.8) is 0 Å². The van der Waals surface area contributed by atoms with Crippen LogP contribution in [0.3, 0.4) is 0 Å². The third kappa shape index (κ3) is 3.15. The molecule has 0 aliphatic carbocycles. The molecule has 1 amide bonds. The lowest BCUT2D eigenvalue weighted by Crippen LogP contribution is -2.37. The smallest absolute Gasteiger partial charge is 0.240 e. The highest BCUT2D eigenvalue weighted by Crippen LogP contribution is 2.17. The molecule has 0 radical (unpaired) electrons. The molecule has 1 saturated heterocycles. The summed E-state index contributed by atoms with van der Waals surface area (Å²) in [4.78, 5) is 12.1. The molecule has 8 heteroatoms. The largest absolute Gasteiger partial charge is 0.379 e. The van der Waals surface area contributed by atoms with Crippen molar-refractivity contribution < 1.29 is 17.9 Å². The van der Waals surface area contributed by atoms with Gasteiger partial charge in [0.1, 0.15) is 0 Å². The van der Waals surface area contributed by atoms with Gasteiger partial charge in [0.15, 0.2) is 0 Å². The first-order chi connectivity index (χ1) is 9.44. The molecule has 1 aromatic carbocycles. The minimum absolute atomic E-state index is 0.138. The number of hydrogen-bond donors (Lipinski definition) is 3. The summed E-state index contributed by atoms with van der Waals surface area (Å²) in [7, 11) is -2.13. The number of nitrogens with two attached hydrogens (primary N) is 1. The van der Waals surface area contributed by atoms with E-state index in [1.54, 1.807) is 0 Å². The molecule has 1 aliphatic heterocycles. The Morgan fingerprint density at radius 1 is 1.30 bits per heavy atom. The Morgan fingerprint density at radius 3 is 2.45 bits per heavy atom. The van der Waals surface area contributed by atoms with Gasteiger partial charge in [-0.1, -0.05) is 0 Å². The Kier molecular flexibility index (Phi) is 4.39. The fourth-order valence-corrected chi connectivity index (χ4v) is 2.64. The van der Waals surface area contributed by atoms with E-state index in [4.69, 9.17) is 10.5 Å². The summed E-state index contributed by atoms with van der Waals surface area (Å²) in [5.74, 6) is -0.602. The number of amides is 1. The summed E-state index contributed by atoms with van der Waals surface area (Å²) in [5, 5.41) is 2.70. The number of nitrogens with one attached hydrogen (secondary N) is 2. The third-order valence-corrected chi connectivity index (χ3v) is 4.59. The van der Waals surface area contributed by atoms with Gasteiger partial charge in [0.05, 0.1) is 24.0 Å². The first-order valence-corrected chi connectivity index (χ1v) is 7.60. The lowest BCUT2D eigenvalue weighted by Gasteiger charge is -2.13. The van der Waals surface area contributed by atoms with Crippen LogP contribution in [-0.2, 0) is 19.6 Å². The molecule has 1 aromatic rings. The Morgan fingerprint density at radius 2 is 1.95 bits per heavy atom. The normalized spacial score (nSPS) is 22.7. The minimum atomic E-state index is -3.47. The molecule has 2 atom stereocenters. The van der Waals surface area contributed by atoms with Crippen LogP contribution in [0.1, 0.15) is 0 Å². The monoisotopic (exact) mass is 299 g/mol. The second-order valence-electron chi connectivity index (χ2n) is 4.53. The van der Waals surface area contributed by atoms with E-state index in [0.29, 0.717) is 18.9 Å². The number of ether oxygens (including phenoxy) is 1. The van der Waals surface area contributed by atoms with Gasteiger partial charge in [-0.15, -0.1) is 0 Å². The molecule has 2 unspecified atom stereocenters. The van der Waals surface area contributed by atoms with E-state index >= 15 is 0 Å². The SMILES string of the molecule is CNS(=O)(=O)c1ccc(NC(=O)C2COCC2N)cc1. The molecular weight excluding hydrogens is 282 g/mol. The maximum absolute atomic E-state index is 12.0. The summed E-state index contributed by atoms with van der Waals surface area (Å²) in [6.07, 6.45) is 0. The first-order valence-electron chi connectivity index (χ1n) is 6.12. The van der Waals surface area contributed by atoms with Crippen LogP contribution in [0.4, 0.5) is 5.69 Å². The summed E-state index contributed by atoms with van der Waals surface area (Å²) < 4.78 is 30.5. The molecular formula is C12H17N3O4S. The molecule has 0 spiro atoms. The van der Waals surface area contributed by atoms with E-state index in [1.165, 1.54) is 31.3 Å². The summed E-state index contributed by atoms with van der Waals surface area (Å²) >= 11 is 0. The first kappa shape index (κ1) is 14.9. The van der Waals surface area contributed by atoms with Gasteiger partial charge in [-0.25, -0.2) is 13.1 Å². The summed E-state index contributed by atoms with van der Waals surface area (Å²) in [5.41, 5.74) is 6.28. The Bertz CT molecular complexity index is 585. The number of anilines is 1. The number of rotatable bonds is 4. The second-order valence-corrected chi connectivity index (χ2v) is 6.42. The van der Waals surface area contributed by atoms with Crippen LogP contribution in [0.2, 0.25) is 0 Å². The Labute approximate surface area is 117 Å². The van der Waals surface area contributed by atoms with E-state index in [-0.39, 0.29) is 22.8 Å². The predicted molar refractivity (Wildman–Crippen MR) is 73.6 cm³/mol. The number of benzene rings is 1. The zero-order chi connectivity index (χ0) is 14.8. The third-order valence-electron chi connectivity index (χ3n) is 3.16. The quantitative estimate of drug-likeness (QED) is 0.694. The summed E-state index contributed by atoms with van der Waals surface area (Å²) in [6, 6.07) is 5.60. The van der Waals surface area contributed by atoms with Gasteiger partial charge < -0.3 is 15.8 Å². The van der Waals surface area contributed by atoms with Crippen molar-refractivity contribution in [2.75, 3.05) is 25.6 Å². The van der Waals surface area contributed by atoms with Gasteiger partial charge in [0, 0.05) is 11.7 Å². The predicted octanol–water partition coefficient (Wildman–Crippen LogP) is -0.493. The van der Waals surface area contributed by atoms with Gasteiger partial charge in [-0.05, 0) is 31.3 Å². The van der Waals surface area contributed by atoms with Crippen molar-refractivity contribution in [3.8, 4) is 0 Å². The van der Waals surface area contributed by atoms with E-state index in [2.05, 4.69) is 10.0 Å². The van der Waals surface area contributed by atoms with Crippen LogP contribution >= 0.6 is 0 Å². The standard InChI is InChI=1S/C12H17N3O4S/c1-14-20(17,18)9-4-2-8(3-5-9)15-12(16)10-6-19-7-11(10)13/h2-5,10-11,14H,6-7,13H2,1H3,(H,15,16). The molecule has 4 N–H and O–H groups in total. The van der Waals surface area contributed by atoms with E-state index < -0.39 is 10.0 Å². The fraction of sp³-hybridized carbons (Fsp3) is 0.417. The lowest BCUT2D eigenvalue weighted by molar-refractivity contribution is -0.120. The Hall–Kier alpha value is -1.48. The second kappa shape index (κ2) is 5.88. The maximum Gasteiger partial charge on any atom is 0.240 e. The molecule has 1 fully saturated rings. The molecule has 0 saturated carbocycles. The van der Waals surface area contributed by atoms with Crippen molar-refractivity contribution in [3.05, 3.63) is 24.3 Å². The van der Waals surface area contributed by atoms with Gasteiger partial charge in [-0.2, -0.15) is 0 Å². The average Bonchev–Trinajstić information content (AvgIpc) is 2.85. The van der Waals surface area contributed by atoms with E-state index in [1.807, 2.05) is 0 Å². The molecule has 0 bridgehead atoms. The summed E-state index contributed by atoms with van der Waals surface area (Å²) in [6.45, 7) is 0.677. The fourth-order valence-electron chi connectivity index (χ4n) is 1.91.